The minimum atomic E-state index is -0.966. The fourth-order valence-electron chi connectivity index (χ4n) is 4.27. The van der Waals surface area contributed by atoms with Crippen LogP contribution in [0.5, 0.6) is 17.2 Å². The first-order chi connectivity index (χ1) is 19.5. The van der Waals surface area contributed by atoms with Gasteiger partial charge in [0.05, 0.1) is 12.8 Å². The van der Waals surface area contributed by atoms with E-state index in [2.05, 4.69) is 5.32 Å². The number of amides is 2. The van der Waals surface area contributed by atoms with E-state index in [4.69, 9.17) is 19.4 Å². The van der Waals surface area contributed by atoms with Gasteiger partial charge >= 0.3 is 6.09 Å². The normalized spacial score (nSPS) is 12.4. The van der Waals surface area contributed by atoms with Gasteiger partial charge in [-0.05, 0) is 48.6 Å². The highest BCUT2D eigenvalue weighted by atomic mass is 16.6. The second-order valence-electron chi connectivity index (χ2n) is 8.83. The molecule has 0 saturated heterocycles. The summed E-state index contributed by atoms with van der Waals surface area (Å²) in [5, 5.41) is 23.9. The highest BCUT2D eigenvalue weighted by Crippen LogP contribution is 2.35. The zero-order valence-electron chi connectivity index (χ0n) is 21.8. The summed E-state index contributed by atoms with van der Waals surface area (Å²) in [4.78, 5) is 24.7. The first-order valence-corrected chi connectivity index (χ1v) is 12.6. The molecule has 0 aliphatic heterocycles. The van der Waals surface area contributed by atoms with Crippen LogP contribution in [-0.2, 0) is 9.53 Å². The van der Waals surface area contributed by atoms with Gasteiger partial charge in [-0.25, -0.2) is 10.3 Å². The molecule has 0 spiro atoms. The second-order valence-corrected chi connectivity index (χ2v) is 8.83. The first-order valence-electron chi connectivity index (χ1n) is 12.6. The average Bonchev–Trinajstić information content (AvgIpc) is 2.98. The van der Waals surface area contributed by atoms with E-state index < -0.39 is 24.2 Å². The Morgan fingerprint density at radius 2 is 1.70 bits per heavy atom. The highest BCUT2D eigenvalue weighted by Gasteiger charge is 2.30. The Kier molecular flexibility index (Phi) is 9.58. The number of allylic oxidation sites excluding steroid dienone is 1. The van der Waals surface area contributed by atoms with E-state index >= 15 is 0 Å². The monoisotopic (exact) mass is 542 g/mol. The molecule has 0 aliphatic rings. The molecular weight excluding hydrogens is 512 g/mol. The summed E-state index contributed by atoms with van der Waals surface area (Å²) >= 11 is 0. The summed E-state index contributed by atoms with van der Waals surface area (Å²) in [5.74, 6) is 0.0236. The Hall–Kier alpha value is -5.02. The smallest absolute Gasteiger partial charge is 0.412 e. The quantitative estimate of drug-likeness (QED) is 0.102. The maximum Gasteiger partial charge on any atom is 0.412 e. The molecule has 0 radical (unpaired) electrons. The standard InChI is InChI=1S/C31H30N2O7/c1-38-27-19-18-22(20-26(27)34)30(40-31(36)32-25-15-9-11-21-10-5-6-14-24(21)25)28(16-7-8-17-29(35)33-37)39-23-12-3-2-4-13-23/h2-6,8-15,17-20,28,30,34,37H,7,16H2,1H3,(H,32,36)(H,33,35)/b17-8+/t28-,30-/m1/s1. The summed E-state index contributed by atoms with van der Waals surface area (Å²) < 4.78 is 17.4. The van der Waals surface area contributed by atoms with Gasteiger partial charge in [0, 0.05) is 17.0 Å². The number of para-hydroxylation sites is 1. The van der Waals surface area contributed by atoms with E-state index in [0.717, 1.165) is 10.8 Å². The zero-order chi connectivity index (χ0) is 28.3. The largest absolute Gasteiger partial charge is 0.504 e. The third-order valence-corrected chi connectivity index (χ3v) is 6.16. The molecule has 0 heterocycles. The number of hydrogen-bond donors (Lipinski definition) is 4. The molecular formula is C31H30N2O7. The maximum atomic E-state index is 13.3. The third-order valence-electron chi connectivity index (χ3n) is 6.16. The molecule has 4 rings (SSSR count). The van der Waals surface area contributed by atoms with Gasteiger partial charge in [0.25, 0.3) is 5.91 Å². The van der Waals surface area contributed by atoms with Crippen LogP contribution in [0.15, 0.2) is 103 Å². The summed E-state index contributed by atoms with van der Waals surface area (Å²) in [6, 6.07) is 27.0. The van der Waals surface area contributed by atoms with Crippen LogP contribution in [-0.4, -0.2) is 35.5 Å². The Morgan fingerprint density at radius 1 is 0.950 bits per heavy atom. The van der Waals surface area contributed by atoms with Gasteiger partial charge in [0.15, 0.2) is 17.6 Å². The van der Waals surface area contributed by atoms with Crippen molar-refractivity contribution >= 4 is 28.5 Å². The number of rotatable bonds is 11. The van der Waals surface area contributed by atoms with Gasteiger partial charge in [-0.3, -0.25) is 15.3 Å². The Bertz CT molecular complexity index is 1470. The number of anilines is 1. The van der Waals surface area contributed by atoms with Gasteiger partial charge < -0.3 is 19.3 Å². The molecule has 40 heavy (non-hydrogen) atoms. The predicted molar refractivity (Wildman–Crippen MR) is 151 cm³/mol. The van der Waals surface area contributed by atoms with E-state index in [1.54, 1.807) is 41.9 Å². The minimum Gasteiger partial charge on any atom is -0.504 e. The molecule has 2 amide bonds. The van der Waals surface area contributed by atoms with E-state index in [0.29, 0.717) is 29.8 Å². The number of methoxy groups -OCH3 is 1. The Labute approximate surface area is 231 Å². The third kappa shape index (κ3) is 7.30. The van der Waals surface area contributed by atoms with Crippen LogP contribution >= 0.6 is 0 Å². The number of aromatic hydroxyl groups is 1. The van der Waals surface area contributed by atoms with E-state index in [-0.39, 0.29) is 11.5 Å². The number of phenols is 1. The number of fused-ring (bicyclic) bond motifs is 1. The van der Waals surface area contributed by atoms with Gasteiger partial charge in [-0.1, -0.05) is 66.7 Å². The molecule has 4 N–H and O–H groups in total. The summed E-state index contributed by atoms with van der Waals surface area (Å²) in [7, 11) is 1.44. The number of hydroxylamine groups is 1. The SMILES string of the molecule is COc1ccc([C@@H](OC(=O)Nc2cccc3ccccc23)[C@@H](CC/C=C/C(=O)NO)Oc2ccccc2)cc1O. The van der Waals surface area contributed by atoms with Crippen molar-refractivity contribution in [3.63, 3.8) is 0 Å². The van der Waals surface area contributed by atoms with Crippen LogP contribution in [0.25, 0.3) is 10.8 Å². The van der Waals surface area contributed by atoms with Crippen molar-refractivity contribution < 1.29 is 34.1 Å². The molecule has 0 fully saturated rings. The van der Waals surface area contributed by atoms with Crippen LogP contribution in [0.3, 0.4) is 0 Å². The number of benzene rings is 4. The fourth-order valence-corrected chi connectivity index (χ4v) is 4.27. The lowest BCUT2D eigenvalue weighted by atomic mass is 9.99. The van der Waals surface area contributed by atoms with Crippen molar-refractivity contribution in [1.82, 2.24) is 5.48 Å². The number of hydrogen-bond acceptors (Lipinski definition) is 7. The lowest BCUT2D eigenvalue weighted by Gasteiger charge is -2.28. The topological polar surface area (TPSA) is 126 Å². The molecule has 9 heteroatoms. The Morgan fingerprint density at radius 3 is 2.45 bits per heavy atom. The molecule has 4 aromatic carbocycles. The summed E-state index contributed by atoms with van der Waals surface area (Å²) in [6.45, 7) is 0. The molecule has 206 valence electrons. The Balaban J connectivity index is 1.65. The maximum absolute atomic E-state index is 13.3. The average molecular weight is 543 g/mol. The number of ether oxygens (including phenoxy) is 3. The number of phenolic OH excluding ortho intramolecular Hbond substituents is 1. The van der Waals surface area contributed by atoms with E-state index in [9.17, 15) is 14.7 Å². The van der Waals surface area contributed by atoms with Crippen LogP contribution in [0.1, 0.15) is 24.5 Å². The van der Waals surface area contributed by atoms with Crippen molar-refractivity contribution in [1.29, 1.82) is 0 Å². The van der Waals surface area contributed by atoms with E-state index in [1.165, 1.54) is 19.3 Å². The van der Waals surface area contributed by atoms with Crippen LogP contribution < -0.4 is 20.3 Å². The summed E-state index contributed by atoms with van der Waals surface area (Å²) in [5.41, 5.74) is 2.60. The number of carbonyl (C=O) groups excluding carboxylic acids is 2. The molecule has 4 aromatic rings. The number of nitrogens with one attached hydrogen (secondary N) is 2. The minimum absolute atomic E-state index is 0.124. The molecule has 0 aromatic heterocycles. The second kappa shape index (κ2) is 13.7. The highest BCUT2D eigenvalue weighted by molar-refractivity contribution is 6.00. The molecule has 0 unspecified atom stereocenters. The molecule has 2 atom stereocenters. The first kappa shape index (κ1) is 28.0. The van der Waals surface area contributed by atoms with Gasteiger partial charge in [-0.15, -0.1) is 0 Å². The zero-order valence-corrected chi connectivity index (χ0v) is 21.8. The lowest BCUT2D eigenvalue weighted by molar-refractivity contribution is -0.124. The van der Waals surface area contributed by atoms with Gasteiger partial charge in [0.2, 0.25) is 0 Å². The van der Waals surface area contributed by atoms with Crippen molar-refractivity contribution in [2.45, 2.75) is 25.0 Å². The lowest BCUT2D eigenvalue weighted by Crippen LogP contribution is -2.31. The molecule has 0 bridgehead atoms. The van der Waals surface area contributed by atoms with Crippen molar-refractivity contribution in [3.05, 3.63) is 109 Å². The van der Waals surface area contributed by atoms with Crippen LogP contribution in [0, 0.1) is 0 Å². The van der Waals surface area contributed by atoms with Crippen molar-refractivity contribution in [3.8, 4) is 17.2 Å². The molecule has 0 saturated carbocycles. The van der Waals surface area contributed by atoms with Crippen molar-refractivity contribution in [2.75, 3.05) is 12.4 Å². The molecule has 0 aliphatic carbocycles. The van der Waals surface area contributed by atoms with E-state index in [1.807, 2.05) is 54.6 Å². The molecule has 9 nitrogen and oxygen atoms in total. The van der Waals surface area contributed by atoms with Crippen molar-refractivity contribution in [2.24, 2.45) is 0 Å². The fraction of sp³-hybridized carbons (Fsp3) is 0.161. The van der Waals surface area contributed by atoms with Crippen LogP contribution in [0.4, 0.5) is 10.5 Å². The van der Waals surface area contributed by atoms with Gasteiger partial charge in [0.1, 0.15) is 11.9 Å². The number of carbonyl (C=O) groups is 2. The predicted octanol–water partition coefficient (Wildman–Crippen LogP) is 6.13. The van der Waals surface area contributed by atoms with Gasteiger partial charge in [-0.2, -0.15) is 0 Å². The van der Waals surface area contributed by atoms with Crippen LogP contribution in [0.2, 0.25) is 0 Å². The summed E-state index contributed by atoms with van der Waals surface area (Å²) in [6.07, 6.45) is 1.05.